The van der Waals surface area contributed by atoms with E-state index in [2.05, 4.69) is 5.10 Å². The van der Waals surface area contributed by atoms with Crippen LogP contribution in [0, 0.1) is 11.6 Å². The molecule has 1 fully saturated rings. The summed E-state index contributed by atoms with van der Waals surface area (Å²) in [7, 11) is -4.31. The maximum absolute atomic E-state index is 13.8. The van der Waals surface area contributed by atoms with E-state index in [0.717, 1.165) is 22.5 Å². The number of carbonyl (C=O) groups is 1. The van der Waals surface area contributed by atoms with Crippen LogP contribution in [0.2, 0.25) is 0 Å². The molecule has 0 saturated carbocycles. The zero-order chi connectivity index (χ0) is 18.9. The van der Waals surface area contributed by atoms with Crippen molar-refractivity contribution in [1.29, 1.82) is 0 Å². The second-order valence-electron chi connectivity index (χ2n) is 5.94. The van der Waals surface area contributed by atoms with Gasteiger partial charge in [-0.3, -0.25) is 9.48 Å². The third-order valence-corrected chi connectivity index (χ3v) is 6.30. The van der Waals surface area contributed by atoms with Gasteiger partial charge < -0.3 is 4.90 Å². The van der Waals surface area contributed by atoms with Crippen LogP contribution in [-0.4, -0.2) is 59.5 Å². The fraction of sp³-hybridized carbons (Fsp3) is 0.375. The number of amides is 1. The van der Waals surface area contributed by atoms with Gasteiger partial charge in [-0.15, -0.1) is 0 Å². The molecule has 1 amide bonds. The van der Waals surface area contributed by atoms with Crippen molar-refractivity contribution in [2.45, 2.75) is 17.9 Å². The molecule has 26 heavy (non-hydrogen) atoms. The van der Waals surface area contributed by atoms with Gasteiger partial charge in [-0.25, -0.2) is 17.2 Å². The number of halogens is 2. The van der Waals surface area contributed by atoms with Gasteiger partial charge in [0.2, 0.25) is 15.9 Å². The summed E-state index contributed by atoms with van der Waals surface area (Å²) in [6.07, 6.45) is 3.24. The van der Waals surface area contributed by atoms with E-state index in [9.17, 15) is 22.0 Å². The molecule has 3 rings (SSSR count). The molecular formula is C16H18F2N4O3S. The largest absolute Gasteiger partial charge is 0.338 e. The molecule has 7 nitrogen and oxygen atoms in total. The Morgan fingerprint density at radius 2 is 1.73 bits per heavy atom. The van der Waals surface area contributed by atoms with E-state index >= 15 is 0 Å². The Kier molecular flexibility index (Phi) is 5.05. The van der Waals surface area contributed by atoms with Crippen LogP contribution in [0.3, 0.4) is 0 Å². The van der Waals surface area contributed by atoms with E-state index in [0.29, 0.717) is 0 Å². The number of hydrogen-bond acceptors (Lipinski definition) is 4. The summed E-state index contributed by atoms with van der Waals surface area (Å²) in [5.74, 6) is -2.45. The quantitative estimate of drug-likeness (QED) is 0.795. The second kappa shape index (κ2) is 7.12. The van der Waals surface area contributed by atoms with Gasteiger partial charge in [0.1, 0.15) is 17.7 Å². The molecule has 1 aromatic carbocycles. The van der Waals surface area contributed by atoms with E-state index < -0.39 is 32.6 Å². The molecule has 0 bridgehead atoms. The molecule has 2 heterocycles. The summed E-state index contributed by atoms with van der Waals surface area (Å²) in [6.45, 7) is 1.91. The predicted molar refractivity (Wildman–Crippen MR) is 88.6 cm³/mol. The molecule has 0 spiro atoms. The van der Waals surface area contributed by atoms with Crippen molar-refractivity contribution in [3.05, 3.63) is 48.3 Å². The van der Waals surface area contributed by atoms with Crippen molar-refractivity contribution in [2.24, 2.45) is 0 Å². The van der Waals surface area contributed by atoms with Gasteiger partial charge in [-0.05, 0) is 25.1 Å². The standard InChI is InChI=1S/C16H18F2N4O3S/c1-12(22-7-3-6-19-22)16(23)20-8-10-21(11-9-20)26(24,25)15-13(17)4-2-5-14(15)18/h2-7,12H,8-11H2,1H3. The summed E-state index contributed by atoms with van der Waals surface area (Å²) in [5.41, 5.74) is 0. The first-order valence-electron chi connectivity index (χ1n) is 8.04. The predicted octanol–water partition coefficient (Wildman–Crippen LogP) is 1.26. The van der Waals surface area contributed by atoms with Crippen LogP contribution in [0.1, 0.15) is 13.0 Å². The fourth-order valence-electron chi connectivity index (χ4n) is 2.89. The first kappa shape index (κ1) is 18.5. The third-order valence-electron chi connectivity index (χ3n) is 4.35. The van der Waals surface area contributed by atoms with Crippen molar-refractivity contribution >= 4 is 15.9 Å². The molecule has 1 unspecified atom stereocenters. The van der Waals surface area contributed by atoms with Crippen LogP contribution >= 0.6 is 0 Å². The summed E-state index contributed by atoms with van der Waals surface area (Å²) >= 11 is 0. The van der Waals surface area contributed by atoms with Crippen LogP contribution in [0.15, 0.2) is 41.6 Å². The lowest BCUT2D eigenvalue weighted by molar-refractivity contribution is -0.135. The first-order valence-corrected chi connectivity index (χ1v) is 9.48. The van der Waals surface area contributed by atoms with Gasteiger partial charge in [-0.1, -0.05) is 6.07 Å². The van der Waals surface area contributed by atoms with Gasteiger partial charge in [0, 0.05) is 38.6 Å². The molecule has 0 N–H and O–H groups in total. The molecular weight excluding hydrogens is 366 g/mol. The van der Waals surface area contributed by atoms with Gasteiger partial charge in [-0.2, -0.15) is 9.40 Å². The second-order valence-corrected chi connectivity index (χ2v) is 7.82. The summed E-state index contributed by atoms with van der Waals surface area (Å²) in [5, 5.41) is 4.02. The minimum Gasteiger partial charge on any atom is -0.338 e. The average Bonchev–Trinajstić information content (AvgIpc) is 3.15. The third kappa shape index (κ3) is 3.34. The van der Waals surface area contributed by atoms with E-state index in [1.54, 1.807) is 25.4 Å². The Labute approximate surface area is 149 Å². The molecule has 1 aliphatic heterocycles. The van der Waals surface area contributed by atoms with Crippen LogP contribution < -0.4 is 0 Å². The Morgan fingerprint density at radius 1 is 1.12 bits per heavy atom. The Bertz CT molecular complexity index is 874. The minimum atomic E-state index is -4.31. The molecule has 10 heteroatoms. The van der Waals surface area contributed by atoms with Crippen LogP contribution in [0.25, 0.3) is 0 Å². The number of benzene rings is 1. The van der Waals surface area contributed by atoms with Crippen molar-refractivity contribution in [1.82, 2.24) is 19.0 Å². The van der Waals surface area contributed by atoms with Crippen LogP contribution in [-0.2, 0) is 14.8 Å². The van der Waals surface area contributed by atoms with Crippen molar-refractivity contribution in [2.75, 3.05) is 26.2 Å². The minimum absolute atomic E-state index is 0.0341. The molecule has 1 saturated heterocycles. The number of carbonyl (C=O) groups excluding carboxylic acids is 1. The van der Waals surface area contributed by atoms with Gasteiger partial charge >= 0.3 is 0 Å². The number of hydrogen-bond donors (Lipinski definition) is 0. The number of sulfonamides is 1. The summed E-state index contributed by atoms with van der Waals surface area (Å²) in [6, 6.07) is 4.11. The van der Waals surface area contributed by atoms with Gasteiger partial charge in [0.15, 0.2) is 4.90 Å². The average molecular weight is 384 g/mol. The molecule has 1 aliphatic rings. The lowest BCUT2D eigenvalue weighted by Crippen LogP contribution is -2.52. The topological polar surface area (TPSA) is 75.5 Å². The molecule has 1 aromatic heterocycles. The number of rotatable bonds is 4. The number of aromatic nitrogens is 2. The van der Waals surface area contributed by atoms with Crippen LogP contribution in [0.5, 0.6) is 0 Å². The molecule has 140 valence electrons. The smallest absolute Gasteiger partial charge is 0.249 e. The highest BCUT2D eigenvalue weighted by molar-refractivity contribution is 7.89. The van der Waals surface area contributed by atoms with Gasteiger partial charge in [0.05, 0.1) is 0 Å². The Morgan fingerprint density at radius 3 is 2.27 bits per heavy atom. The molecule has 0 aliphatic carbocycles. The lowest BCUT2D eigenvalue weighted by Gasteiger charge is -2.35. The number of nitrogens with zero attached hydrogens (tertiary/aromatic N) is 4. The SMILES string of the molecule is CC(C(=O)N1CCN(S(=O)(=O)c2c(F)cccc2F)CC1)n1cccn1. The fourth-order valence-corrected chi connectivity index (χ4v) is 4.43. The van der Waals surface area contributed by atoms with E-state index in [-0.39, 0.29) is 32.1 Å². The lowest BCUT2D eigenvalue weighted by atomic mass is 10.2. The normalized spacial score (nSPS) is 17.3. The molecule has 0 radical (unpaired) electrons. The Hall–Kier alpha value is -2.33. The van der Waals surface area contributed by atoms with E-state index in [4.69, 9.17) is 0 Å². The highest BCUT2D eigenvalue weighted by Crippen LogP contribution is 2.24. The number of piperazine rings is 1. The first-order chi connectivity index (χ1) is 12.3. The zero-order valence-electron chi connectivity index (χ0n) is 14.0. The van der Waals surface area contributed by atoms with E-state index in [1.807, 2.05) is 0 Å². The van der Waals surface area contributed by atoms with Gasteiger partial charge in [0.25, 0.3) is 0 Å². The maximum atomic E-state index is 13.8. The van der Waals surface area contributed by atoms with Crippen molar-refractivity contribution in [3.8, 4) is 0 Å². The van der Waals surface area contributed by atoms with Crippen LogP contribution in [0.4, 0.5) is 8.78 Å². The zero-order valence-corrected chi connectivity index (χ0v) is 14.9. The molecule has 1 atom stereocenters. The summed E-state index contributed by atoms with van der Waals surface area (Å²) in [4.78, 5) is 13.1. The highest BCUT2D eigenvalue weighted by atomic mass is 32.2. The van der Waals surface area contributed by atoms with E-state index in [1.165, 1.54) is 9.58 Å². The van der Waals surface area contributed by atoms with Crippen molar-refractivity contribution < 1.29 is 22.0 Å². The Balaban J connectivity index is 1.71. The monoisotopic (exact) mass is 384 g/mol. The summed E-state index contributed by atoms with van der Waals surface area (Å²) < 4.78 is 55.3. The maximum Gasteiger partial charge on any atom is 0.249 e. The molecule has 2 aromatic rings. The highest BCUT2D eigenvalue weighted by Gasteiger charge is 2.35. The van der Waals surface area contributed by atoms with Crippen molar-refractivity contribution in [3.63, 3.8) is 0 Å².